The molecule has 1 heterocycles. The molecule has 0 saturated carbocycles. The highest BCUT2D eigenvalue weighted by molar-refractivity contribution is 9.11. The van der Waals surface area contributed by atoms with Gasteiger partial charge in [-0.15, -0.1) is 0 Å². The number of benzene rings is 1. The summed E-state index contributed by atoms with van der Waals surface area (Å²) in [4.78, 5) is 0. The predicted octanol–water partition coefficient (Wildman–Crippen LogP) is 3.20. The first-order valence-electron chi connectivity index (χ1n) is 6.18. The Morgan fingerprint density at radius 3 is 2.74 bits per heavy atom. The minimum atomic E-state index is 0.265. The predicted molar refractivity (Wildman–Crippen MR) is 78.1 cm³/mol. The van der Waals surface area contributed by atoms with Crippen molar-refractivity contribution >= 4 is 15.9 Å². The van der Waals surface area contributed by atoms with Gasteiger partial charge in [-0.2, -0.15) is 0 Å². The van der Waals surface area contributed by atoms with Gasteiger partial charge in [0.05, 0.1) is 0 Å². The van der Waals surface area contributed by atoms with Crippen molar-refractivity contribution in [3.8, 4) is 17.2 Å². The number of halogens is 1. The largest absolute Gasteiger partial charge is 0.488 e. The van der Waals surface area contributed by atoms with Crippen molar-refractivity contribution < 1.29 is 14.2 Å². The molecule has 5 heteroatoms. The van der Waals surface area contributed by atoms with Crippen molar-refractivity contribution in [2.75, 3.05) is 13.4 Å². The number of rotatable bonds is 6. The molecule has 0 aromatic heterocycles. The molecule has 0 saturated heterocycles. The van der Waals surface area contributed by atoms with Crippen LogP contribution in [0.2, 0.25) is 0 Å². The van der Waals surface area contributed by atoms with Gasteiger partial charge in [-0.3, -0.25) is 0 Å². The molecule has 2 rings (SSSR count). The van der Waals surface area contributed by atoms with Crippen LogP contribution >= 0.6 is 15.9 Å². The Kier molecular flexibility index (Phi) is 4.71. The molecular formula is C14H18BrNO3. The second kappa shape index (κ2) is 6.30. The molecule has 0 bridgehead atoms. The van der Waals surface area contributed by atoms with E-state index in [1.54, 1.807) is 0 Å². The minimum absolute atomic E-state index is 0.265. The molecular weight excluding hydrogens is 310 g/mol. The monoisotopic (exact) mass is 327 g/mol. The van der Waals surface area contributed by atoms with E-state index >= 15 is 0 Å². The fraction of sp³-hybridized carbons (Fsp3) is 0.429. The second-order valence-corrected chi connectivity index (χ2v) is 5.78. The van der Waals surface area contributed by atoms with Crippen LogP contribution in [-0.2, 0) is 6.54 Å². The minimum Gasteiger partial charge on any atom is -0.488 e. The van der Waals surface area contributed by atoms with Crippen molar-refractivity contribution in [2.24, 2.45) is 0 Å². The highest BCUT2D eigenvalue weighted by Crippen LogP contribution is 2.38. The summed E-state index contributed by atoms with van der Waals surface area (Å²) >= 11 is 3.29. The zero-order valence-corrected chi connectivity index (χ0v) is 12.7. The zero-order chi connectivity index (χ0) is 13.8. The molecule has 0 aliphatic carbocycles. The van der Waals surface area contributed by atoms with E-state index in [0.29, 0.717) is 12.6 Å². The molecule has 104 valence electrons. The summed E-state index contributed by atoms with van der Waals surface area (Å²) in [6.45, 7) is 9.39. The van der Waals surface area contributed by atoms with E-state index < -0.39 is 0 Å². The Morgan fingerprint density at radius 1 is 1.42 bits per heavy atom. The molecule has 1 aromatic carbocycles. The van der Waals surface area contributed by atoms with Crippen LogP contribution in [0.25, 0.3) is 0 Å². The normalized spacial score (nSPS) is 12.8. The van der Waals surface area contributed by atoms with Crippen LogP contribution in [0.4, 0.5) is 0 Å². The first-order chi connectivity index (χ1) is 9.06. The molecule has 0 fully saturated rings. The van der Waals surface area contributed by atoms with Gasteiger partial charge < -0.3 is 19.5 Å². The number of nitrogens with one attached hydrogen (secondary N) is 1. The smallest absolute Gasteiger partial charge is 0.231 e. The van der Waals surface area contributed by atoms with Gasteiger partial charge >= 0.3 is 0 Å². The zero-order valence-electron chi connectivity index (χ0n) is 11.2. The van der Waals surface area contributed by atoms with Gasteiger partial charge in [0.1, 0.15) is 12.4 Å². The molecule has 0 spiro atoms. The van der Waals surface area contributed by atoms with Crippen LogP contribution in [0.5, 0.6) is 17.2 Å². The summed E-state index contributed by atoms with van der Waals surface area (Å²) in [5.74, 6) is 2.28. The van der Waals surface area contributed by atoms with Crippen LogP contribution < -0.4 is 19.5 Å². The number of ether oxygens (including phenoxy) is 3. The van der Waals surface area contributed by atoms with E-state index in [9.17, 15) is 0 Å². The first kappa shape index (κ1) is 14.2. The lowest BCUT2D eigenvalue weighted by Gasteiger charge is -2.14. The summed E-state index contributed by atoms with van der Waals surface area (Å²) in [6.07, 6.45) is 0. The van der Waals surface area contributed by atoms with Gasteiger partial charge in [0.15, 0.2) is 11.5 Å². The Hall–Kier alpha value is -1.20. The lowest BCUT2D eigenvalue weighted by Crippen LogP contribution is -2.22. The quantitative estimate of drug-likeness (QED) is 0.871. The summed E-state index contributed by atoms with van der Waals surface area (Å²) in [5, 5.41) is 3.37. The Balaban J connectivity index is 2.19. The van der Waals surface area contributed by atoms with Crippen molar-refractivity contribution in [2.45, 2.75) is 26.4 Å². The third-order valence-electron chi connectivity index (χ3n) is 2.64. The third-order valence-corrected chi connectivity index (χ3v) is 2.87. The molecule has 0 radical (unpaired) electrons. The van der Waals surface area contributed by atoms with Gasteiger partial charge in [-0.05, 0) is 6.07 Å². The average Bonchev–Trinajstić information content (AvgIpc) is 2.79. The highest BCUT2D eigenvalue weighted by atomic mass is 79.9. The maximum absolute atomic E-state index is 5.73. The molecule has 1 aromatic rings. The van der Waals surface area contributed by atoms with Crippen LogP contribution in [0.3, 0.4) is 0 Å². The van der Waals surface area contributed by atoms with Crippen molar-refractivity contribution in [1.82, 2.24) is 5.32 Å². The van der Waals surface area contributed by atoms with E-state index in [0.717, 1.165) is 33.8 Å². The fourth-order valence-electron chi connectivity index (χ4n) is 1.71. The van der Waals surface area contributed by atoms with Crippen LogP contribution in [-0.4, -0.2) is 19.4 Å². The first-order valence-corrected chi connectivity index (χ1v) is 6.97. The summed E-state index contributed by atoms with van der Waals surface area (Å²) in [6, 6.07) is 4.24. The fourth-order valence-corrected chi connectivity index (χ4v) is 1.82. The summed E-state index contributed by atoms with van der Waals surface area (Å²) in [5.41, 5.74) is 1.05. The van der Waals surface area contributed by atoms with Crippen LogP contribution in [0.15, 0.2) is 23.2 Å². The summed E-state index contributed by atoms with van der Waals surface area (Å²) in [7, 11) is 0. The molecule has 0 unspecified atom stereocenters. The van der Waals surface area contributed by atoms with E-state index in [1.165, 1.54) is 0 Å². The lowest BCUT2D eigenvalue weighted by molar-refractivity contribution is 0.174. The Morgan fingerprint density at radius 2 is 2.11 bits per heavy atom. The van der Waals surface area contributed by atoms with E-state index in [1.807, 2.05) is 12.1 Å². The van der Waals surface area contributed by atoms with Gasteiger partial charge in [-0.1, -0.05) is 36.4 Å². The molecule has 19 heavy (non-hydrogen) atoms. The van der Waals surface area contributed by atoms with Crippen LogP contribution in [0.1, 0.15) is 19.4 Å². The van der Waals surface area contributed by atoms with Gasteiger partial charge in [0, 0.05) is 28.7 Å². The summed E-state index contributed by atoms with van der Waals surface area (Å²) < 4.78 is 17.3. The Labute approximate surface area is 121 Å². The molecule has 1 aliphatic heterocycles. The second-order valence-electron chi connectivity index (χ2n) is 4.65. The van der Waals surface area contributed by atoms with Gasteiger partial charge in [-0.25, -0.2) is 0 Å². The topological polar surface area (TPSA) is 39.7 Å². The SMILES string of the molecule is C=C(Br)COc1cc2c(cc1CNC(C)C)OCO2. The number of fused-ring (bicyclic) bond motifs is 1. The molecule has 1 N–H and O–H groups in total. The number of hydrogen-bond donors (Lipinski definition) is 1. The standard InChI is InChI=1S/C14H18BrNO3/c1-9(2)16-6-11-4-13-14(19-8-18-13)5-12(11)17-7-10(3)15/h4-5,9,16H,3,6-8H2,1-2H3. The third kappa shape index (κ3) is 3.88. The molecule has 0 amide bonds. The van der Waals surface area contributed by atoms with Crippen molar-refractivity contribution in [1.29, 1.82) is 0 Å². The maximum Gasteiger partial charge on any atom is 0.231 e. The van der Waals surface area contributed by atoms with Crippen LogP contribution in [0, 0.1) is 0 Å². The lowest BCUT2D eigenvalue weighted by atomic mass is 10.1. The maximum atomic E-state index is 5.73. The molecule has 1 aliphatic rings. The highest BCUT2D eigenvalue weighted by Gasteiger charge is 2.18. The van der Waals surface area contributed by atoms with Crippen molar-refractivity contribution in [3.05, 3.63) is 28.8 Å². The average molecular weight is 328 g/mol. The van der Waals surface area contributed by atoms with Gasteiger partial charge in [0.25, 0.3) is 0 Å². The van der Waals surface area contributed by atoms with E-state index in [2.05, 4.69) is 41.7 Å². The number of hydrogen-bond acceptors (Lipinski definition) is 4. The van der Waals surface area contributed by atoms with E-state index in [4.69, 9.17) is 14.2 Å². The van der Waals surface area contributed by atoms with E-state index in [-0.39, 0.29) is 6.79 Å². The Bertz CT molecular complexity index is 474. The molecule has 0 atom stereocenters. The molecule has 4 nitrogen and oxygen atoms in total. The van der Waals surface area contributed by atoms with Crippen molar-refractivity contribution in [3.63, 3.8) is 0 Å². The van der Waals surface area contributed by atoms with Gasteiger partial charge in [0.2, 0.25) is 6.79 Å².